The quantitative estimate of drug-likeness (QED) is 0.623. The third kappa shape index (κ3) is 4.96. The standard InChI is InChI=1S/C9H13N3O4S2/c10-6(13)3-17-4-7(14)11-1-2-12-8(15)5-18-9(12)16/h1-5H2,(H2,10,13)(H,11,14). The molecule has 1 rings (SSSR count). The summed E-state index contributed by atoms with van der Waals surface area (Å²) in [5.41, 5.74) is 4.92. The van der Waals surface area contributed by atoms with Gasteiger partial charge in [-0.25, -0.2) is 0 Å². The summed E-state index contributed by atoms with van der Waals surface area (Å²) in [4.78, 5) is 45.3. The Balaban J connectivity index is 2.13. The zero-order valence-corrected chi connectivity index (χ0v) is 11.1. The van der Waals surface area contributed by atoms with Crippen LogP contribution < -0.4 is 11.1 Å². The first-order chi connectivity index (χ1) is 8.50. The zero-order valence-electron chi connectivity index (χ0n) is 9.51. The summed E-state index contributed by atoms with van der Waals surface area (Å²) in [6, 6.07) is 0. The van der Waals surface area contributed by atoms with Crippen molar-refractivity contribution >= 4 is 46.5 Å². The van der Waals surface area contributed by atoms with Crippen molar-refractivity contribution in [3.05, 3.63) is 0 Å². The molecule has 0 saturated carbocycles. The summed E-state index contributed by atoms with van der Waals surface area (Å²) in [6.07, 6.45) is 0. The SMILES string of the molecule is NC(=O)CSCC(=O)NCCN1C(=O)CSC1=O. The molecule has 0 unspecified atom stereocenters. The molecular weight excluding hydrogens is 278 g/mol. The molecule has 0 aliphatic carbocycles. The number of nitrogens with one attached hydrogen (secondary N) is 1. The van der Waals surface area contributed by atoms with Gasteiger partial charge in [-0.2, -0.15) is 0 Å². The first-order valence-corrected chi connectivity index (χ1v) is 7.24. The van der Waals surface area contributed by atoms with E-state index in [1.807, 2.05) is 0 Å². The lowest BCUT2D eigenvalue weighted by molar-refractivity contribution is -0.125. The summed E-state index contributed by atoms with van der Waals surface area (Å²) in [5, 5.41) is 2.28. The minimum Gasteiger partial charge on any atom is -0.369 e. The third-order valence-electron chi connectivity index (χ3n) is 1.98. The van der Waals surface area contributed by atoms with Crippen molar-refractivity contribution < 1.29 is 19.2 Å². The number of hydrogen-bond acceptors (Lipinski definition) is 6. The predicted octanol–water partition coefficient (Wildman–Crippen LogP) is -0.983. The molecule has 1 saturated heterocycles. The largest absolute Gasteiger partial charge is 0.369 e. The van der Waals surface area contributed by atoms with Crippen LogP contribution in [0.4, 0.5) is 4.79 Å². The fraction of sp³-hybridized carbons (Fsp3) is 0.556. The van der Waals surface area contributed by atoms with E-state index in [-0.39, 0.29) is 47.4 Å². The maximum Gasteiger partial charge on any atom is 0.288 e. The molecular formula is C9H13N3O4S2. The molecule has 0 bridgehead atoms. The van der Waals surface area contributed by atoms with Gasteiger partial charge in [-0.05, 0) is 0 Å². The molecule has 0 radical (unpaired) electrons. The minimum atomic E-state index is -0.474. The van der Waals surface area contributed by atoms with Gasteiger partial charge < -0.3 is 11.1 Å². The maximum absolute atomic E-state index is 11.3. The number of hydrogen-bond donors (Lipinski definition) is 2. The van der Waals surface area contributed by atoms with E-state index in [9.17, 15) is 19.2 Å². The van der Waals surface area contributed by atoms with E-state index in [0.29, 0.717) is 0 Å². The Kier molecular flexibility index (Phi) is 5.99. The topological polar surface area (TPSA) is 110 Å². The predicted molar refractivity (Wildman–Crippen MR) is 69.1 cm³/mol. The Labute approximate surface area is 112 Å². The van der Waals surface area contributed by atoms with Gasteiger partial charge in [-0.1, -0.05) is 11.8 Å². The highest BCUT2D eigenvalue weighted by Gasteiger charge is 2.29. The van der Waals surface area contributed by atoms with Gasteiger partial charge in [0.25, 0.3) is 5.24 Å². The smallest absolute Gasteiger partial charge is 0.288 e. The van der Waals surface area contributed by atoms with Crippen LogP contribution >= 0.6 is 23.5 Å². The van der Waals surface area contributed by atoms with Gasteiger partial charge in [0.1, 0.15) is 0 Å². The van der Waals surface area contributed by atoms with Crippen molar-refractivity contribution in [3.63, 3.8) is 0 Å². The number of imide groups is 1. The number of nitrogens with zero attached hydrogens (tertiary/aromatic N) is 1. The highest BCUT2D eigenvalue weighted by atomic mass is 32.2. The lowest BCUT2D eigenvalue weighted by Crippen LogP contribution is -2.38. The zero-order chi connectivity index (χ0) is 13.5. The van der Waals surface area contributed by atoms with Crippen LogP contribution in [-0.2, 0) is 14.4 Å². The number of thioether (sulfide) groups is 2. The van der Waals surface area contributed by atoms with Crippen molar-refractivity contribution in [2.24, 2.45) is 5.73 Å². The summed E-state index contributed by atoms with van der Waals surface area (Å²) in [7, 11) is 0. The Morgan fingerprint density at radius 2 is 2.11 bits per heavy atom. The number of primary amides is 1. The molecule has 1 fully saturated rings. The normalized spacial score (nSPS) is 15.0. The molecule has 0 aromatic rings. The maximum atomic E-state index is 11.3. The van der Waals surface area contributed by atoms with Gasteiger partial charge in [-0.15, -0.1) is 11.8 Å². The van der Waals surface area contributed by atoms with Crippen molar-refractivity contribution in [1.82, 2.24) is 10.2 Å². The van der Waals surface area contributed by atoms with Gasteiger partial charge in [0.05, 0.1) is 17.3 Å². The summed E-state index contributed by atoms with van der Waals surface area (Å²) >= 11 is 2.07. The molecule has 18 heavy (non-hydrogen) atoms. The Morgan fingerprint density at radius 3 is 2.67 bits per heavy atom. The fourth-order valence-electron chi connectivity index (χ4n) is 1.20. The number of carbonyl (C=O) groups excluding carboxylic acids is 4. The van der Waals surface area contributed by atoms with E-state index < -0.39 is 5.91 Å². The summed E-state index contributed by atoms with van der Waals surface area (Å²) in [6.45, 7) is 0.394. The van der Waals surface area contributed by atoms with E-state index in [4.69, 9.17) is 5.73 Å². The van der Waals surface area contributed by atoms with Crippen molar-refractivity contribution in [1.29, 1.82) is 0 Å². The van der Waals surface area contributed by atoms with Crippen molar-refractivity contribution in [3.8, 4) is 0 Å². The molecule has 0 aromatic carbocycles. The van der Waals surface area contributed by atoms with E-state index in [1.54, 1.807) is 0 Å². The Hall–Kier alpha value is -1.22. The number of rotatable bonds is 7. The van der Waals surface area contributed by atoms with Crippen LogP contribution in [-0.4, -0.2) is 58.2 Å². The van der Waals surface area contributed by atoms with Crippen LogP contribution in [0.2, 0.25) is 0 Å². The molecule has 0 atom stereocenters. The second-order valence-electron chi connectivity index (χ2n) is 3.41. The molecule has 1 aliphatic heterocycles. The fourth-order valence-corrected chi connectivity index (χ4v) is 2.54. The Morgan fingerprint density at radius 1 is 1.39 bits per heavy atom. The van der Waals surface area contributed by atoms with E-state index in [0.717, 1.165) is 28.4 Å². The molecule has 0 spiro atoms. The first kappa shape index (κ1) is 14.8. The Bertz CT molecular complexity index is 359. The average Bonchev–Trinajstić information content (AvgIpc) is 2.60. The molecule has 7 nitrogen and oxygen atoms in total. The minimum absolute atomic E-state index is 0.0904. The third-order valence-corrected chi connectivity index (χ3v) is 3.79. The van der Waals surface area contributed by atoms with Crippen molar-refractivity contribution in [2.75, 3.05) is 30.3 Å². The van der Waals surface area contributed by atoms with Crippen LogP contribution in [0, 0.1) is 0 Å². The molecule has 0 aromatic heterocycles. The molecule has 1 aliphatic rings. The number of amides is 4. The van der Waals surface area contributed by atoms with E-state index in [1.165, 1.54) is 0 Å². The molecule has 3 N–H and O–H groups in total. The van der Waals surface area contributed by atoms with E-state index >= 15 is 0 Å². The molecule has 9 heteroatoms. The van der Waals surface area contributed by atoms with Gasteiger partial charge in [0, 0.05) is 13.1 Å². The van der Waals surface area contributed by atoms with Gasteiger partial charge >= 0.3 is 0 Å². The average molecular weight is 291 g/mol. The van der Waals surface area contributed by atoms with Crippen LogP contribution in [0.3, 0.4) is 0 Å². The van der Waals surface area contributed by atoms with Gasteiger partial charge in [-0.3, -0.25) is 24.1 Å². The van der Waals surface area contributed by atoms with Crippen LogP contribution in [0.25, 0.3) is 0 Å². The summed E-state index contributed by atoms with van der Waals surface area (Å²) < 4.78 is 0. The lowest BCUT2D eigenvalue weighted by atomic mass is 10.5. The molecule has 1 heterocycles. The summed E-state index contributed by atoms with van der Waals surface area (Å²) in [5.74, 6) is -0.581. The number of carbonyl (C=O) groups is 4. The second kappa shape index (κ2) is 7.27. The second-order valence-corrected chi connectivity index (χ2v) is 5.32. The van der Waals surface area contributed by atoms with E-state index in [2.05, 4.69) is 5.32 Å². The van der Waals surface area contributed by atoms with Crippen LogP contribution in [0.15, 0.2) is 0 Å². The molecule has 4 amide bonds. The molecule has 100 valence electrons. The highest BCUT2D eigenvalue weighted by Crippen LogP contribution is 2.17. The van der Waals surface area contributed by atoms with Gasteiger partial charge in [0.15, 0.2) is 0 Å². The lowest BCUT2D eigenvalue weighted by Gasteiger charge is -2.12. The van der Waals surface area contributed by atoms with Crippen LogP contribution in [0.1, 0.15) is 0 Å². The first-order valence-electron chi connectivity index (χ1n) is 5.10. The van der Waals surface area contributed by atoms with Crippen molar-refractivity contribution in [2.45, 2.75) is 0 Å². The number of nitrogens with two attached hydrogens (primary N) is 1. The van der Waals surface area contributed by atoms with Gasteiger partial charge in [0.2, 0.25) is 17.7 Å². The monoisotopic (exact) mass is 291 g/mol. The highest BCUT2D eigenvalue weighted by molar-refractivity contribution is 8.14. The van der Waals surface area contributed by atoms with Crippen LogP contribution in [0.5, 0.6) is 0 Å².